The Morgan fingerprint density at radius 1 is 1.32 bits per heavy atom. The number of hydrogen-bond acceptors (Lipinski definition) is 3. The molecule has 0 spiro atoms. The fraction of sp³-hybridized carbons (Fsp3) is 0.333. The number of aromatic nitrogens is 1. The zero-order valence-electron chi connectivity index (χ0n) is 10.7. The monoisotopic (exact) mass is 256 g/mol. The highest BCUT2D eigenvalue weighted by Crippen LogP contribution is 2.31. The van der Waals surface area contributed by atoms with Crippen LogP contribution in [0.4, 0.5) is 0 Å². The van der Waals surface area contributed by atoms with Gasteiger partial charge < -0.3 is 9.32 Å². The van der Waals surface area contributed by atoms with Crippen molar-refractivity contribution in [1.29, 1.82) is 0 Å². The van der Waals surface area contributed by atoms with Crippen LogP contribution in [0.3, 0.4) is 0 Å². The van der Waals surface area contributed by atoms with E-state index < -0.39 is 0 Å². The van der Waals surface area contributed by atoms with Gasteiger partial charge in [0.2, 0.25) is 0 Å². The van der Waals surface area contributed by atoms with Crippen molar-refractivity contribution in [1.82, 2.24) is 9.88 Å². The van der Waals surface area contributed by atoms with Crippen LogP contribution in [0.15, 0.2) is 47.3 Å². The smallest absolute Gasteiger partial charge is 0.290 e. The fourth-order valence-corrected chi connectivity index (χ4v) is 2.64. The predicted molar refractivity (Wildman–Crippen MR) is 70.6 cm³/mol. The largest absolute Gasteiger partial charge is 0.459 e. The van der Waals surface area contributed by atoms with Crippen molar-refractivity contribution in [2.45, 2.75) is 25.3 Å². The lowest BCUT2D eigenvalue weighted by atomic mass is 9.96. The van der Waals surface area contributed by atoms with Crippen LogP contribution in [0, 0.1) is 0 Å². The maximum absolute atomic E-state index is 12.5. The molecular formula is C15H16N2O2. The first-order valence-corrected chi connectivity index (χ1v) is 6.60. The van der Waals surface area contributed by atoms with Crippen molar-refractivity contribution >= 4 is 5.91 Å². The Labute approximate surface area is 112 Å². The molecule has 1 saturated heterocycles. The molecule has 1 fully saturated rings. The highest BCUT2D eigenvalue weighted by Gasteiger charge is 2.29. The average molecular weight is 256 g/mol. The molecule has 0 radical (unpaired) electrons. The molecule has 3 heterocycles. The highest BCUT2D eigenvalue weighted by atomic mass is 16.3. The summed E-state index contributed by atoms with van der Waals surface area (Å²) in [5, 5.41) is 0. The van der Waals surface area contributed by atoms with Gasteiger partial charge in [-0.2, -0.15) is 0 Å². The van der Waals surface area contributed by atoms with E-state index in [1.807, 2.05) is 23.2 Å². The maximum atomic E-state index is 12.5. The number of furan rings is 1. The molecule has 3 rings (SSSR count). The lowest BCUT2D eigenvalue weighted by Crippen LogP contribution is -2.38. The molecule has 98 valence electrons. The highest BCUT2D eigenvalue weighted by molar-refractivity contribution is 5.91. The SMILES string of the molecule is O=C(c1ccco1)N1CCCC[C@@H]1c1cccnc1. The van der Waals surface area contributed by atoms with Gasteiger partial charge in [-0.25, -0.2) is 0 Å². The van der Waals surface area contributed by atoms with E-state index in [0.717, 1.165) is 31.4 Å². The second kappa shape index (κ2) is 5.26. The molecule has 19 heavy (non-hydrogen) atoms. The van der Waals surface area contributed by atoms with Gasteiger partial charge in [0, 0.05) is 18.9 Å². The molecule has 0 aliphatic carbocycles. The molecule has 0 N–H and O–H groups in total. The average Bonchev–Trinajstić information content (AvgIpc) is 3.02. The molecular weight excluding hydrogens is 240 g/mol. The van der Waals surface area contributed by atoms with Gasteiger partial charge in [0.1, 0.15) is 0 Å². The Morgan fingerprint density at radius 3 is 3.00 bits per heavy atom. The second-order valence-corrected chi connectivity index (χ2v) is 4.77. The Kier molecular flexibility index (Phi) is 3.31. The molecule has 0 saturated carbocycles. The number of amides is 1. The van der Waals surface area contributed by atoms with Crippen LogP contribution in [0.25, 0.3) is 0 Å². The topological polar surface area (TPSA) is 46.3 Å². The van der Waals surface area contributed by atoms with Crippen molar-refractivity contribution in [2.75, 3.05) is 6.54 Å². The summed E-state index contributed by atoms with van der Waals surface area (Å²) >= 11 is 0. The molecule has 1 aliphatic rings. The van der Waals surface area contributed by atoms with Gasteiger partial charge in [-0.15, -0.1) is 0 Å². The van der Waals surface area contributed by atoms with Gasteiger partial charge in [-0.05, 0) is 43.0 Å². The minimum Gasteiger partial charge on any atom is -0.459 e. The molecule has 0 aromatic carbocycles. The molecule has 0 unspecified atom stereocenters. The van der Waals surface area contributed by atoms with Crippen LogP contribution in [-0.4, -0.2) is 22.3 Å². The second-order valence-electron chi connectivity index (χ2n) is 4.77. The number of piperidine rings is 1. The van der Waals surface area contributed by atoms with Gasteiger partial charge in [0.05, 0.1) is 12.3 Å². The van der Waals surface area contributed by atoms with E-state index in [1.54, 1.807) is 18.3 Å². The Hall–Kier alpha value is -2.10. The summed E-state index contributed by atoms with van der Waals surface area (Å²) in [5.41, 5.74) is 1.10. The van der Waals surface area contributed by atoms with E-state index in [4.69, 9.17) is 4.42 Å². The summed E-state index contributed by atoms with van der Waals surface area (Å²) in [6, 6.07) is 7.53. The summed E-state index contributed by atoms with van der Waals surface area (Å²) in [6.45, 7) is 0.777. The Balaban J connectivity index is 1.87. The summed E-state index contributed by atoms with van der Waals surface area (Å²) in [7, 11) is 0. The first-order valence-electron chi connectivity index (χ1n) is 6.60. The summed E-state index contributed by atoms with van der Waals surface area (Å²) < 4.78 is 5.23. The lowest BCUT2D eigenvalue weighted by Gasteiger charge is -2.35. The van der Waals surface area contributed by atoms with Crippen molar-refractivity contribution in [2.24, 2.45) is 0 Å². The molecule has 1 aliphatic heterocycles. The number of pyridine rings is 1. The van der Waals surface area contributed by atoms with Crippen LogP contribution in [0.2, 0.25) is 0 Å². The molecule has 0 bridgehead atoms. The fourth-order valence-electron chi connectivity index (χ4n) is 2.64. The molecule has 1 amide bonds. The first-order chi connectivity index (χ1) is 9.36. The summed E-state index contributed by atoms with van der Waals surface area (Å²) in [5.74, 6) is 0.384. The summed E-state index contributed by atoms with van der Waals surface area (Å²) in [4.78, 5) is 18.5. The van der Waals surface area contributed by atoms with Crippen molar-refractivity contribution in [3.05, 3.63) is 54.2 Å². The number of carbonyl (C=O) groups excluding carboxylic acids is 1. The quantitative estimate of drug-likeness (QED) is 0.829. The Bertz CT molecular complexity index is 537. The van der Waals surface area contributed by atoms with E-state index in [-0.39, 0.29) is 11.9 Å². The minimum absolute atomic E-state index is 0.0291. The number of rotatable bonds is 2. The van der Waals surface area contributed by atoms with E-state index in [1.165, 1.54) is 6.26 Å². The minimum atomic E-state index is -0.0291. The van der Waals surface area contributed by atoms with E-state index >= 15 is 0 Å². The van der Waals surface area contributed by atoms with Gasteiger partial charge in [0.25, 0.3) is 5.91 Å². The zero-order chi connectivity index (χ0) is 13.1. The molecule has 4 nitrogen and oxygen atoms in total. The number of nitrogens with zero attached hydrogens (tertiary/aromatic N) is 2. The molecule has 2 aromatic rings. The van der Waals surface area contributed by atoms with Gasteiger partial charge in [-0.1, -0.05) is 6.07 Å². The molecule has 4 heteroatoms. The lowest BCUT2D eigenvalue weighted by molar-refractivity contribution is 0.0578. The van der Waals surface area contributed by atoms with Gasteiger partial charge >= 0.3 is 0 Å². The van der Waals surface area contributed by atoms with E-state index in [0.29, 0.717) is 5.76 Å². The number of carbonyl (C=O) groups is 1. The molecule has 1 atom stereocenters. The van der Waals surface area contributed by atoms with Crippen molar-refractivity contribution in [3.63, 3.8) is 0 Å². The van der Waals surface area contributed by atoms with E-state index in [9.17, 15) is 4.79 Å². The van der Waals surface area contributed by atoms with Crippen molar-refractivity contribution < 1.29 is 9.21 Å². The van der Waals surface area contributed by atoms with Crippen molar-refractivity contribution in [3.8, 4) is 0 Å². The zero-order valence-corrected chi connectivity index (χ0v) is 10.7. The van der Waals surface area contributed by atoms with Crippen LogP contribution in [-0.2, 0) is 0 Å². The predicted octanol–water partition coefficient (Wildman–Crippen LogP) is 3.04. The standard InChI is InChI=1S/C15H16N2O2/c18-15(14-7-4-10-19-14)17-9-2-1-6-13(17)12-5-3-8-16-11-12/h3-5,7-8,10-11,13H,1-2,6,9H2/t13-/m1/s1. The van der Waals surface area contributed by atoms with Crippen LogP contribution >= 0.6 is 0 Å². The van der Waals surface area contributed by atoms with Gasteiger partial charge in [-0.3, -0.25) is 9.78 Å². The Morgan fingerprint density at radius 2 is 2.26 bits per heavy atom. The van der Waals surface area contributed by atoms with Crippen LogP contribution < -0.4 is 0 Å². The molecule has 2 aromatic heterocycles. The number of hydrogen-bond donors (Lipinski definition) is 0. The van der Waals surface area contributed by atoms with Crippen LogP contribution in [0.5, 0.6) is 0 Å². The maximum Gasteiger partial charge on any atom is 0.290 e. The van der Waals surface area contributed by atoms with Gasteiger partial charge in [0.15, 0.2) is 5.76 Å². The normalized spacial score (nSPS) is 19.4. The third-order valence-electron chi connectivity index (χ3n) is 3.56. The number of likely N-dealkylation sites (tertiary alicyclic amines) is 1. The third kappa shape index (κ3) is 2.38. The first kappa shape index (κ1) is 12.0. The van der Waals surface area contributed by atoms with Crippen LogP contribution in [0.1, 0.15) is 41.4 Å². The van der Waals surface area contributed by atoms with E-state index in [2.05, 4.69) is 4.98 Å². The summed E-state index contributed by atoms with van der Waals surface area (Å²) in [6.07, 6.45) is 8.31. The third-order valence-corrected chi connectivity index (χ3v) is 3.56.